The lowest BCUT2D eigenvalue weighted by Gasteiger charge is -2.26. The number of nitrogens with two attached hydrogens (primary N) is 1. The molecule has 1 aliphatic heterocycles. The molecule has 20 heavy (non-hydrogen) atoms. The summed E-state index contributed by atoms with van der Waals surface area (Å²) in [7, 11) is 0. The Balaban J connectivity index is 2.05. The molecule has 1 amide bonds. The summed E-state index contributed by atoms with van der Waals surface area (Å²) in [6.45, 7) is 7.97. The van der Waals surface area contributed by atoms with Gasteiger partial charge in [-0.2, -0.15) is 0 Å². The van der Waals surface area contributed by atoms with E-state index in [0.717, 1.165) is 32.6 Å². The van der Waals surface area contributed by atoms with Gasteiger partial charge in [0, 0.05) is 24.7 Å². The fourth-order valence-corrected chi connectivity index (χ4v) is 2.99. The monoisotopic (exact) mass is 295 g/mol. The van der Waals surface area contributed by atoms with Crippen molar-refractivity contribution in [1.29, 1.82) is 0 Å². The first-order valence-electron chi connectivity index (χ1n) is 7.15. The first-order chi connectivity index (χ1) is 9.56. The molecule has 5 heteroatoms. The Morgan fingerprint density at radius 3 is 2.75 bits per heavy atom. The minimum absolute atomic E-state index is 0.0431. The molecule has 110 valence electrons. The Labute approximate surface area is 125 Å². The molecule has 2 rings (SSSR count). The van der Waals surface area contributed by atoms with E-state index in [4.69, 9.17) is 17.3 Å². The van der Waals surface area contributed by atoms with Crippen LogP contribution < -0.4 is 5.73 Å². The smallest absolute Gasteiger partial charge is 0.253 e. The molecule has 1 heterocycles. The number of halogens is 1. The standard InChI is InChI=1S/C15H22ClN3O/c1-3-18(4-2)12-7-8-19(10-12)15(20)11-5-6-14(17)13(16)9-11/h5-6,9,12H,3-4,7-8,10,17H2,1-2H3. The van der Waals surface area contributed by atoms with Gasteiger partial charge in [-0.3, -0.25) is 9.69 Å². The van der Waals surface area contributed by atoms with Crippen molar-refractivity contribution in [2.24, 2.45) is 0 Å². The highest BCUT2D eigenvalue weighted by Crippen LogP contribution is 2.23. The normalized spacial score (nSPS) is 18.8. The second kappa shape index (κ2) is 6.46. The predicted octanol–water partition coefficient (Wildman–Crippen LogP) is 2.48. The van der Waals surface area contributed by atoms with Gasteiger partial charge in [-0.15, -0.1) is 0 Å². The fraction of sp³-hybridized carbons (Fsp3) is 0.533. The van der Waals surface area contributed by atoms with Gasteiger partial charge in [-0.1, -0.05) is 25.4 Å². The number of carbonyl (C=O) groups excluding carboxylic acids is 1. The number of rotatable bonds is 4. The molecule has 1 saturated heterocycles. The summed E-state index contributed by atoms with van der Waals surface area (Å²) in [5.41, 5.74) is 6.80. The highest BCUT2D eigenvalue weighted by molar-refractivity contribution is 6.33. The molecule has 1 fully saturated rings. The highest BCUT2D eigenvalue weighted by atomic mass is 35.5. The van der Waals surface area contributed by atoms with Crippen molar-refractivity contribution in [2.75, 3.05) is 31.9 Å². The molecule has 2 N–H and O–H groups in total. The summed E-state index contributed by atoms with van der Waals surface area (Å²) in [6, 6.07) is 5.56. The molecule has 0 radical (unpaired) electrons. The quantitative estimate of drug-likeness (QED) is 0.868. The predicted molar refractivity (Wildman–Crippen MR) is 83.1 cm³/mol. The molecule has 0 aliphatic carbocycles. The van der Waals surface area contributed by atoms with Crippen LogP contribution in [0.5, 0.6) is 0 Å². The summed E-state index contributed by atoms with van der Waals surface area (Å²) in [4.78, 5) is 16.8. The molecule has 1 atom stereocenters. The van der Waals surface area contributed by atoms with Crippen molar-refractivity contribution < 1.29 is 4.79 Å². The van der Waals surface area contributed by atoms with E-state index in [9.17, 15) is 4.79 Å². The number of nitrogens with zero attached hydrogens (tertiary/aromatic N) is 2. The van der Waals surface area contributed by atoms with Crippen LogP contribution in [0.3, 0.4) is 0 Å². The van der Waals surface area contributed by atoms with Crippen LogP contribution in [0.4, 0.5) is 5.69 Å². The van der Waals surface area contributed by atoms with E-state index in [1.807, 2.05) is 4.90 Å². The number of amides is 1. The Morgan fingerprint density at radius 1 is 1.45 bits per heavy atom. The molecular formula is C15H22ClN3O. The van der Waals surface area contributed by atoms with Crippen LogP contribution in [0, 0.1) is 0 Å². The van der Waals surface area contributed by atoms with Gasteiger partial charge < -0.3 is 10.6 Å². The molecule has 0 aromatic heterocycles. The molecule has 1 aliphatic rings. The minimum Gasteiger partial charge on any atom is -0.398 e. The Morgan fingerprint density at radius 2 is 2.15 bits per heavy atom. The van der Waals surface area contributed by atoms with Gasteiger partial charge in [0.25, 0.3) is 5.91 Å². The first kappa shape index (κ1) is 15.1. The zero-order chi connectivity index (χ0) is 14.7. The summed E-state index contributed by atoms with van der Waals surface area (Å²) in [6.07, 6.45) is 1.04. The molecule has 4 nitrogen and oxygen atoms in total. The zero-order valence-corrected chi connectivity index (χ0v) is 12.9. The second-order valence-electron chi connectivity index (χ2n) is 5.15. The van der Waals surface area contributed by atoms with Crippen molar-refractivity contribution in [3.8, 4) is 0 Å². The number of likely N-dealkylation sites (tertiary alicyclic amines) is 1. The first-order valence-corrected chi connectivity index (χ1v) is 7.53. The van der Waals surface area contributed by atoms with Crippen LogP contribution in [0.25, 0.3) is 0 Å². The van der Waals surface area contributed by atoms with E-state index in [2.05, 4.69) is 18.7 Å². The molecular weight excluding hydrogens is 274 g/mol. The van der Waals surface area contributed by atoms with E-state index in [0.29, 0.717) is 22.3 Å². The van der Waals surface area contributed by atoms with Crippen LogP contribution in [0.1, 0.15) is 30.6 Å². The third-order valence-electron chi connectivity index (χ3n) is 4.03. The maximum Gasteiger partial charge on any atom is 0.253 e. The van der Waals surface area contributed by atoms with Crippen molar-refractivity contribution in [3.05, 3.63) is 28.8 Å². The summed E-state index contributed by atoms with van der Waals surface area (Å²) >= 11 is 5.98. The largest absolute Gasteiger partial charge is 0.398 e. The minimum atomic E-state index is 0.0431. The SMILES string of the molecule is CCN(CC)C1CCN(C(=O)c2ccc(N)c(Cl)c2)C1. The maximum atomic E-state index is 12.5. The topological polar surface area (TPSA) is 49.6 Å². The zero-order valence-electron chi connectivity index (χ0n) is 12.1. The third kappa shape index (κ3) is 3.07. The average molecular weight is 296 g/mol. The van der Waals surface area contributed by atoms with Gasteiger partial charge >= 0.3 is 0 Å². The van der Waals surface area contributed by atoms with Gasteiger partial charge in [-0.25, -0.2) is 0 Å². The lowest BCUT2D eigenvalue weighted by atomic mass is 10.2. The summed E-state index contributed by atoms with van der Waals surface area (Å²) in [5, 5.41) is 0.440. The van der Waals surface area contributed by atoms with E-state index in [1.165, 1.54) is 0 Å². The average Bonchev–Trinajstić information content (AvgIpc) is 2.92. The van der Waals surface area contributed by atoms with Gasteiger partial charge in [0.05, 0.1) is 10.7 Å². The number of nitrogen functional groups attached to an aromatic ring is 1. The van der Waals surface area contributed by atoms with E-state index < -0.39 is 0 Å². The van der Waals surface area contributed by atoms with Crippen molar-refractivity contribution in [1.82, 2.24) is 9.80 Å². The molecule has 1 aromatic rings. The van der Waals surface area contributed by atoms with Crippen LogP contribution in [0.2, 0.25) is 5.02 Å². The van der Waals surface area contributed by atoms with Gasteiger partial charge in [0.2, 0.25) is 0 Å². The van der Waals surface area contributed by atoms with Crippen molar-refractivity contribution in [2.45, 2.75) is 26.3 Å². The van der Waals surface area contributed by atoms with Gasteiger partial charge in [-0.05, 0) is 37.7 Å². The lowest BCUT2D eigenvalue weighted by Crippen LogP contribution is -2.38. The molecule has 0 saturated carbocycles. The van der Waals surface area contributed by atoms with Crippen molar-refractivity contribution >= 4 is 23.2 Å². The van der Waals surface area contributed by atoms with Crippen LogP contribution in [-0.4, -0.2) is 47.9 Å². The lowest BCUT2D eigenvalue weighted by molar-refractivity contribution is 0.0778. The van der Waals surface area contributed by atoms with E-state index in [1.54, 1.807) is 18.2 Å². The Bertz CT molecular complexity index is 488. The number of carbonyl (C=O) groups is 1. The summed E-state index contributed by atoms with van der Waals surface area (Å²) in [5.74, 6) is 0.0431. The van der Waals surface area contributed by atoms with Crippen LogP contribution in [-0.2, 0) is 0 Å². The number of benzene rings is 1. The third-order valence-corrected chi connectivity index (χ3v) is 4.35. The van der Waals surface area contributed by atoms with E-state index >= 15 is 0 Å². The Kier molecular flexibility index (Phi) is 4.89. The van der Waals surface area contributed by atoms with E-state index in [-0.39, 0.29) is 5.91 Å². The van der Waals surface area contributed by atoms with Crippen LogP contribution in [0.15, 0.2) is 18.2 Å². The number of hydrogen-bond donors (Lipinski definition) is 1. The number of likely N-dealkylation sites (N-methyl/N-ethyl adjacent to an activating group) is 1. The molecule has 0 spiro atoms. The number of anilines is 1. The number of hydrogen-bond acceptors (Lipinski definition) is 3. The molecule has 1 unspecified atom stereocenters. The van der Waals surface area contributed by atoms with Crippen molar-refractivity contribution in [3.63, 3.8) is 0 Å². The molecule has 1 aromatic carbocycles. The second-order valence-corrected chi connectivity index (χ2v) is 5.56. The van der Waals surface area contributed by atoms with Gasteiger partial charge in [0.1, 0.15) is 0 Å². The highest BCUT2D eigenvalue weighted by Gasteiger charge is 2.29. The maximum absolute atomic E-state index is 12.5. The van der Waals surface area contributed by atoms with Crippen LogP contribution >= 0.6 is 11.6 Å². The molecule has 0 bridgehead atoms. The fourth-order valence-electron chi connectivity index (χ4n) is 2.81. The Hall–Kier alpha value is -1.26. The summed E-state index contributed by atoms with van der Waals surface area (Å²) < 4.78 is 0. The van der Waals surface area contributed by atoms with Gasteiger partial charge in [0.15, 0.2) is 0 Å².